The molecule has 1 aromatic heterocycles. The average Bonchev–Trinajstić information content (AvgIpc) is 2.41. The zero-order valence-corrected chi connectivity index (χ0v) is 11.9. The van der Waals surface area contributed by atoms with Crippen LogP contribution < -0.4 is 4.72 Å². The van der Waals surface area contributed by atoms with Crippen LogP contribution in [0.2, 0.25) is 5.15 Å². The summed E-state index contributed by atoms with van der Waals surface area (Å²) in [6.07, 6.45) is 0. The largest absolute Gasteiger partial charge is 0.263 e. The maximum atomic E-state index is 12.0. The lowest BCUT2D eigenvalue weighted by atomic mass is 10.2. The molecule has 2 rings (SSSR count). The first-order chi connectivity index (χ1) is 9.01. The highest BCUT2D eigenvalue weighted by molar-refractivity contribution is 7.92. The van der Waals surface area contributed by atoms with E-state index in [9.17, 15) is 8.42 Å². The molecule has 1 N–H and O–H groups in total. The fourth-order valence-corrected chi connectivity index (χ4v) is 2.60. The molecule has 0 bridgehead atoms. The molecule has 0 atom stereocenters. The summed E-state index contributed by atoms with van der Waals surface area (Å²) < 4.78 is 26.4. The first kappa shape index (κ1) is 14.0. The summed E-state index contributed by atoms with van der Waals surface area (Å²) in [5, 5.41) is 7.37. The van der Waals surface area contributed by atoms with Crippen molar-refractivity contribution in [3.63, 3.8) is 0 Å². The molecular formula is C11H9Cl2N3O2S. The van der Waals surface area contributed by atoms with Gasteiger partial charge in [-0.15, -0.1) is 21.8 Å². The molecule has 1 heterocycles. The van der Waals surface area contributed by atoms with Crippen LogP contribution in [0.4, 0.5) is 5.82 Å². The Morgan fingerprint density at radius 1 is 1.05 bits per heavy atom. The summed E-state index contributed by atoms with van der Waals surface area (Å²) in [5.41, 5.74) is 0.840. The van der Waals surface area contributed by atoms with Gasteiger partial charge in [0, 0.05) is 5.88 Å². The Balaban J connectivity index is 2.24. The Kier molecular flexibility index (Phi) is 4.24. The van der Waals surface area contributed by atoms with Crippen LogP contribution in [0.25, 0.3) is 0 Å². The van der Waals surface area contributed by atoms with Gasteiger partial charge in [-0.25, -0.2) is 8.42 Å². The van der Waals surface area contributed by atoms with Crippen LogP contribution in [0.3, 0.4) is 0 Å². The van der Waals surface area contributed by atoms with Gasteiger partial charge in [-0.3, -0.25) is 4.72 Å². The van der Waals surface area contributed by atoms with E-state index in [4.69, 9.17) is 23.2 Å². The third kappa shape index (κ3) is 3.56. The number of aromatic nitrogens is 2. The molecule has 5 nitrogen and oxygen atoms in total. The Morgan fingerprint density at radius 2 is 1.74 bits per heavy atom. The number of nitrogens with zero attached hydrogens (tertiary/aromatic N) is 2. The van der Waals surface area contributed by atoms with Crippen LogP contribution in [0, 0.1) is 0 Å². The Morgan fingerprint density at radius 3 is 2.26 bits per heavy atom. The lowest BCUT2D eigenvalue weighted by Crippen LogP contribution is -2.14. The zero-order valence-electron chi connectivity index (χ0n) is 9.55. The third-order valence-electron chi connectivity index (χ3n) is 2.26. The molecule has 0 fully saturated rings. The van der Waals surface area contributed by atoms with Gasteiger partial charge in [0.05, 0.1) is 4.90 Å². The lowest BCUT2D eigenvalue weighted by Gasteiger charge is -2.07. The molecule has 0 radical (unpaired) electrons. The Hall–Kier alpha value is -1.37. The minimum absolute atomic E-state index is 0.103. The first-order valence-electron chi connectivity index (χ1n) is 5.18. The van der Waals surface area contributed by atoms with Crippen molar-refractivity contribution in [3.05, 3.63) is 47.1 Å². The van der Waals surface area contributed by atoms with Gasteiger partial charge in [-0.2, -0.15) is 0 Å². The van der Waals surface area contributed by atoms with Crippen molar-refractivity contribution in [3.8, 4) is 0 Å². The molecule has 100 valence electrons. The van der Waals surface area contributed by atoms with Crippen molar-refractivity contribution in [1.29, 1.82) is 0 Å². The molecule has 0 spiro atoms. The highest BCUT2D eigenvalue weighted by Crippen LogP contribution is 2.16. The lowest BCUT2D eigenvalue weighted by molar-refractivity contribution is 0.601. The van der Waals surface area contributed by atoms with Crippen LogP contribution in [-0.4, -0.2) is 18.6 Å². The molecule has 1 aromatic carbocycles. The van der Waals surface area contributed by atoms with E-state index in [0.717, 1.165) is 5.56 Å². The number of hydrogen-bond acceptors (Lipinski definition) is 4. The number of sulfonamides is 1. The van der Waals surface area contributed by atoms with E-state index >= 15 is 0 Å². The van der Waals surface area contributed by atoms with Gasteiger partial charge in [-0.1, -0.05) is 23.7 Å². The second-order valence-electron chi connectivity index (χ2n) is 3.62. The zero-order chi connectivity index (χ0) is 13.9. The van der Waals surface area contributed by atoms with Gasteiger partial charge < -0.3 is 0 Å². The van der Waals surface area contributed by atoms with Crippen LogP contribution in [0.5, 0.6) is 0 Å². The van der Waals surface area contributed by atoms with E-state index in [1.165, 1.54) is 24.3 Å². The van der Waals surface area contributed by atoms with E-state index in [1.54, 1.807) is 12.1 Å². The smallest absolute Gasteiger partial charge is 0.262 e. The van der Waals surface area contributed by atoms with Crippen LogP contribution in [0.1, 0.15) is 5.56 Å². The fourth-order valence-electron chi connectivity index (χ4n) is 1.32. The predicted octanol–water partition coefficient (Wildman–Crippen LogP) is 2.67. The first-order valence-corrected chi connectivity index (χ1v) is 7.58. The van der Waals surface area contributed by atoms with Crippen molar-refractivity contribution < 1.29 is 8.42 Å². The van der Waals surface area contributed by atoms with Crippen molar-refractivity contribution in [2.75, 3.05) is 4.72 Å². The van der Waals surface area contributed by atoms with E-state index in [2.05, 4.69) is 14.9 Å². The van der Waals surface area contributed by atoms with E-state index in [0.29, 0.717) is 5.88 Å². The number of hydrogen-bond donors (Lipinski definition) is 1. The molecule has 0 aliphatic carbocycles. The maximum absolute atomic E-state index is 12.0. The van der Waals surface area contributed by atoms with Gasteiger partial charge in [0.15, 0.2) is 11.0 Å². The molecular weight excluding hydrogens is 309 g/mol. The van der Waals surface area contributed by atoms with Crippen molar-refractivity contribution in [2.45, 2.75) is 10.8 Å². The molecule has 0 saturated heterocycles. The van der Waals surface area contributed by atoms with Gasteiger partial charge in [0.2, 0.25) is 0 Å². The predicted molar refractivity (Wildman–Crippen MR) is 73.8 cm³/mol. The molecule has 0 aliphatic rings. The molecule has 0 unspecified atom stereocenters. The van der Waals surface area contributed by atoms with Gasteiger partial charge in [-0.05, 0) is 29.8 Å². The number of halogens is 2. The van der Waals surface area contributed by atoms with E-state index in [-0.39, 0.29) is 15.9 Å². The van der Waals surface area contributed by atoms with Crippen molar-refractivity contribution >= 4 is 39.0 Å². The van der Waals surface area contributed by atoms with Crippen molar-refractivity contribution in [1.82, 2.24) is 10.2 Å². The highest BCUT2D eigenvalue weighted by Gasteiger charge is 2.14. The van der Waals surface area contributed by atoms with E-state index in [1.807, 2.05) is 0 Å². The minimum atomic E-state index is -3.69. The second-order valence-corrected chi connectivity index (χ2v) is 5.96. The maximum Gasteiger partial charge on any atom is 0.263 e. The molecule has 19 heavy (non-hydrogen) atoms. The van der Waals surface area contributed by atoms with Crippen LogP contribution in [-0.2, 0) is 15.9 Å². The fraction of sp³-hybridized carbons (Fsp3) is 0.0909. The number of benzene rings is 1. The topological polar surface area (TPSA) is 72.0 Å². The van der Waals surface area contributed by atoms with Gasteiger partial charge in [0.1, 0.15) is 0 Å². The Bertz CT molecular complexity index is 657. The minimum Gasteiger partial charge on any atom is -0.262 e. The molecule has 8 heteroatoms. The van der Waals surface area contributed by atoms with Crippen LogP contribution in [0.15, 0.2) is 41.3 Å². The molecule has 0 amide bonds. The molecule has 0 aliphatic heterocycles. The van der Waals surface area contributed by atoms with Gasteiger partial charge in [0.25, 0.3) is 10.0 Å². The summed E-state index contributed by atoms with van der Waals surface area (Å²) in [7, 11) is -3.69. The third-order valence-corrected chi connectivity index (χ3v) is 4.14. The summed E-state index contributed by atoms with van der Waals surface area (Å²) in [6, 6.07) is 9.13. The molecule has 0 saturated carbocycles. The summed E-state index contributed by atoms with van der Waals surface area (Å²) >= 11 is 11.2. The van der Waals surface area contributed by atoms with Crippen molar-refractivity contribution in [2.24, 2.45) is 0 Å². The average molecular weight is 318 g/mol. The highest BCUT2D eigenvalue weighted by atomic mass is 35.5. The monoisotopic (exact) mass is 317 g/mol. The Labute approximate surface area is 120 Å². The number of alkyl halides is 1. The SMILES string of the molecule is O=S(=O)(Nc1ccc(Cl)nn1)c1ccc(CCl)cc1. The van der Waals surface area contributed by atoms with Gasteiger partial charge >= 0.3 is 0 Å². The quantitative estimate of drug-likeness (QED) is 0.880. The summed E-state index contributed by atoms with van der Waals surface area (Å²) in [5.74, 6) is 0.432. The summed E-state index contributed by atoms with van der Waals surface area (Å²) in [6.45, 7) is 0. The second kappa shape index (κ2) is 5.73. The normalized spacial score (nSPS) is 11.3. The standard InChI is InChI=1S/C11H9Cl2N3O2S/c12-7-8-1-3-9(4-2-8)19(17,18)16-11-6-5-10(13)14-15-11/h1-6H,7H2,(H,15,16). The molecule has 2 aromatic rings. The number of anilines is 1. The number of rotatable bonds is 4. The van der Waals surface area contributed by atoms with E-state index < -0.39 is 10.0 Å². The summed E-state index contributed by atoms with van der Waals surface area (Å²) in [4.78, 5) is 0.123. The van der Waals surface area contributed by atoms with Crippen LogP contribution >= 0.6 is 23.2 Å². The number of nitrogens with one attached hydrogen (secondary N) is 1.